The summed E-state index contributed by atoms with van der Waals surface area (Å²) in [4.78, 5) is 0. The van der Waals surface area contributed by atoms with Crippen LogP contribution in [0.15, 0.2) is 36.4 Å². The molecule has 0 aliphatic carbocycles. The van der Waals surface area contributed by atoms with Gasteiger partial charge >= 0.3 is 102 Å². The van der Waals surface area contributed by atoms with Gasteiger partial charge in [0.1, 0.15) is 0 Å². The molecule has 17 heavy (non-hydrogen) atoms. The van der Waals surface area contributed by atoms with E-state index in [1.54, 1.807) is 12.1 Å². The van der Waals surface area contributed by atoms with E-state index in [4.69, 9.17) is 0 Å². The van der Waals surface area contributed by atoms with E-state index in [9.17, 15) is 7.67 Å². The normalized spacial score (nSPS) is 15.4. The zero-order valence-electron chi connectivity index (χ0n) is 9.69. The van der Waals surface area contributed by atoms with Crippen LogP contribution in [-0.2, 0) is 7.67 Å². The molecule has 0 amide bonds. The Kier molecular flexibility index (Phi) is 2.07. The fraction of sp³-hybridized carbons (Fsp3) is 0.143. The van der Waals surface area contributed by atoms with Crippen molar-refractivity contribution in [1.82, 2.24) is 0 Å². The van der Waals surface area contributed by atoms with Gasteiger partial charge in [-0.05, 0) is 0 Å². The molecular formula is C14H12O2Se. The summed E-state index contributed by atoms with van der Waals surface area (Å²) in [5.41, 5.74) is 3.69. The molecule has 3 heteroatoms. The Balaban J connectivity index is 2.46. The number of aryl methyl sites for hydroxylation is 2. The molecule has 0 radical (unpaired) electrons. The van der Waals surface area contributed by atoms with Crippen molar-refractivity contribution in [2.45, 2.75) is 13.8 Å². The molecule has 2 nitrogen and oxygen atoms in total. The quantitative estimate of drug-likeness (QED) is 0.591. The van der Waals surface area contributed by atoms with E-state index in [0.29, 0.717) is 8.92 Å². The predicted octanol–water partition coefficient (Wildman–Crippen LogP) is 1.70. The van der Waals surface area contributed by atoms with Crippen LogP contribution < -0.4 is 8.92 Å². The molecule has 3 rings (SSSR count). The number of fused-ring (bicyclic) bond motifs is 3. The van der Waals surface area contributed by atoms with Crippen molar-refractivity contribution in [2.75, 3.05) is 0 Å². The van der Waals surface area contributed by atoms with Gasteiger partial charge in [0.05, 0.1) is 0 Å². The molecule has 0 bridgehead atoms. The number of benzene rings is 2. The van der Waals surface area contributed by atoms with Crippen LogP contribution in [0, 0.1) is 13.8 Å². The Morgan fingerprint density at radius 2 is 1.18 bits per heavy atom. The van der Waals surface area contributed by atoms with E-state index in [0.717, 1.165) is 22.3 Å². The first kappa shape index (κ1) is 10.7. The summed E-state index contributed by atoms with van der Waals surface area (Å²) in [6, 6.07) is 11.3. The van der Waals surface area contributed by atoms with E-state index in [1.807, 2.05) is 38.1 Å². The molecular weight excluding hydrogens is 279 g/mol. The minimum atomic E-state index is -4.14. The molecule has 0 aromatic heterocycles. The monoisotopic (exact) mass is 292 g/mol. The van der Waals surface area contributed by atoms with Gasteiger partial charge in [-0.3, -0.25) is 0 Å². The fourth-order valence-electron chi connectivity index (χ4n) is 2.27. The minimum absolute atomic E-state index is 0.516. The second kappa shape index (κ2) is 3.28. The Bertz CT molecular complexity index is 670. The van der Waals surface area contributed by atoms with Crippen LogP contribution in [-0.4, -0.2) is 12.7 Å². The van der Waals surface area contributed by atoms with E-state index in [2.05, 4.69) is 0 Å². The van der Waals surface area contributed by atoms with Gasteiger partial charge in [-0.1, -0.05) is 0 Å². The van der Waals surface area contributed by atoms with Crippen LogP contribution in [0.4, 0.5) is 0 Å². The van der Waals surface area contributed by atoms with Gasteiger partial charge < -0.3 is 0 Å². The van der Waals surface area contributed by atoms with Gasteiger partial charge in [0.25, 0.3) is 0 Å². The van der Waals surface area contributed by atoms with Crippen molar-refractivity contribution in [3.8, 4) is 11.1 Å². The molecule has 0 saturated carbocycles. The van der Waals surface area contributed by atoms with Crippen LogP contribution in [0.25, 0.3) is 11.1 Å². The Morgan fingerprint density at radius 1 is 0.765 bits per heavy atom. The summed E-state index contributed by atoms with van der Waals surface area (Å²) < 4.78 is 25.9. The molecule has 0 N–H and O–H groups in total. The molecule has 1 aliphatic rings. The fourth-order valence-corrected chi connectivity index (χ4v) is 6.16. The summed E-state index contributed by atoms with van der Waals surface area (Å²) >= 11 is -4.14. The summed E-state index contributed by atoms with van der Waals surface area (Å²) in [6.45, 7) is 3.84. The molecule has 86 valence electrons. The summed E-state index contributed by atoms with van der Waals surface area (Å²) in [5.74, 6) is 0. The van der Waals surface area contributed by atoms with Gasteiger partial charge in [0, 0.05) is 0 Å². The van der Waals surface area contributed by atoms with Gasteiger partial charge in [-0.15, -0.1) is 0 Å². The van der Waals surface area contributed by atoms with Crippen LogP contribution in [0.1, 0.15) is 11.1 Å². The maximum atomic E-state index is 12.5. The van der Waals surface area contributed by atoms with Gasteiger partial charge in [-0.25, -0.2) is 0 Å². The average molecular weight is 291 g/mol. The zero-order valence-corrected chi connectivity index (χ0v) is 11.4. The third-order valence-corrected chi connectivity index (χ3v) is 6.99. The standard InChI is InChI=1S/C14H12O2Se/c1-9-3-5-11-12-6-4-10(2)8-14(12)17(15,16)13(11)7-9/h3-8H,1-2H3. The SMILES string of the molecule is Cc1ccc2c(c1)[Se](=O)(=O)c1cc(C)ccc1-2. The van der Waals surface area contributed by atoms with E-state index >= 15 is 0 Å². The van der Waals surface area contributed by atoms with Crippen LogP contribution in [0.5, 0.6) is 0 Å². The second-order valence-electron chi connectivity index (χ2n) is 4.50. The molecule has 0 unspecified atom stereocenters. The maximum absolute atomic E-state index is 12.5. The van der Waals surface area contributed by atoms with Crippen molar-refractivity contribution in [3.05, 3.63) is 47.5 Å². The number of hydrogen-bond acceptors (Lipinski definition) is 2. The molecule has 0 saturated heterocycles. The van der Waals surface area contributed by atoms with Crippen LogP contribution in [0.2, 0.25) is 0 Å². The molecule has 1 heterocycles. The van der Waals surface area contributed by atoms with E-state index in [-0.39, 0.29) is 0 Å². The first-order valence-corrected chi connectivity index (χ1v) is 8.58. The summed E-state index contributed by atoms with van der Waals surface area (Å²) in [5, 5.41) is 0. The Hall–Kier alpha value is -1.44. The molecule has 0 atom stereocenters. The van der Waals surface area contributed by atoms with Gasteiger partial charge in [-0.2, -0.15) is 0 Å². The van der Waals surface area contributed by atoms with Crippen molar-refractivity contribution in [3.63, 3.8) is 0 Å². The molecule has 0 spiro atoms. The van der Waals surface area contributed by atoms with Crippen molar-refractivity contribution < 1.29 is 7.67 Å². The molecule has 2 aromatic rings. The molecule has 2 aromatic carbocycles. The zero-order chi connectivity index (χ0) is 12.2. The van der Waals surface area contributed by atoms with E-state index < -0.39 is 12.7 Å². The molecule has 0 fully saturated rings. The van der Waals surface area contributed by atoms with Crippen LogP contribution in [0.3, 0.4) is 0 Å². The van der Waals surface area contributed by atoms with Gasteiger partial charge in [0.2, 0.25) is 0 Å². The van der Waals surface area contributed by atoms with Crippen molar-refractivity contribution in [1.29, 1.82) is 0 Å². The Labute approximate surface area is 102 Å². The topological polar surface area (TPSA) is 34.1 Å². The third-order valence-electron chi connectivity index (χ3n) is 3.14. The number of rotatable bonds is 0. The first-order chi connectivity index (χ1) is 8.00. The second-order valence-corrected chi connectivity index (χ2v) is 8.46. The summed E-state index contributed by atoms with van der Waals surface area (Å²) in [7, 11) is 0. The van der Waals surface area contributed by atoms with Crippen LogP contribution >= 0.6 is 0 Å². The third kappa shape index (κ3) is 1.40. The first-order valence-electron chi connectivity index (χ1n) is 5.47. The number of hydrogen-bond donors (Lipinski definition) is 0. The van der Waals surface area contributed by atoms with Crippen molar-refractivity contribution in [2.24, 2.45) is 0 Å². The van der Waals surface area contributed by atoms with E-state index in [1.165, 1.54) is 0 Å². The van der Waals surface area contributed by atoms with Gasteiger partial charge in [0.15, 0.2) is 0 Å². The summed E-state index contributed by atoms with van der Waals surface area (Å²) in [6.07, 6.45) is 0. The Morgan fingerprint density at radius 3 is 1.59 bits per heavy atom. The average Bonchev–Trinajstić information content (AvgIpc) is 2.49. The molecule has 1 aliphatic heterocycles. The van der Waals surface area contributed by atoms with Crippen molar-refractivity contribution >= 4 is 21.6 Å². The predicted molar refractivity (Wildman–Crippen MR) is 67.7 cm³/mol.